The van der Waals surface area contributed by atoms with Gasteiger partial charge in [0.05, 0.1) is 18.1 Å². The molecule has 1 aromatic carbocycles. The Balaban J connectivity index is 1.39. The minimum atomic E-state index is 0.0480. The van der Waals surface area contributed by atoms with Crippen molar-refractivity contribution in [1.82, 2.24) is 9.80 Å². The van der Waals surface area contributed by atoms with E-state index in [1.54, 1.807) is 4.90 Å². The van der Waals surface area contributed by atoms with Crippen LogP contribution in [0, 0.1) is 0 Å². The first kappa shape index (κ1) is 19.9. The van der Waals surface area contributed by atoms with E-state index >= 15 is 0 Å². The number of hydrogen-bond donors (Lipinski definition) is 0. The highest BCUT2D eigenvalue weighted by atomic mass is 32.2. The van der Waals surface area contributed by atoms with Crippen LogP contribution in [0.4, 0.5) is 5.69 Å². The molecule has 0 bridgehead atoms. The van der Waals surface area contributed by atoms with Gasteiger partial charge in [0.2, 0.25) is 0 Å². The molecular formula is C21H27N3O2S2. The van der Waals surface area contributed by atoms with Gasteiger partial charge in [-0.3, -0.25) is 14.6 Å². The number of carbonyl (C=O) groups is 1. The van der Waals surface area contributed by atoms with Crippen LogP contribution in [0.3, 0.4) is 0 Å². The number of fused-ring (bicyclic) bond motifs is 1. The van der Waals surface area contributed by atoms with Crippen LogP contribution in [0.25, 0.3) is 6.08 Å². The van der Waals surface area contributed by atoms with Crippen LogP contribution < -0.4 is 4.90 Å². The molecular weight excluding hydrogens is 390 g/mol. The maximum Gasteiger partial charge on any atom is 0.266 e. The number of hydrogen-bond acceptors (Lipinski definition) is 6. The predicted molar refractivity (Wildman–Crippen MR) is 120 cm³/mol. The molecule has 2 saturated heterocycles. The largest absolute Gasteiger partial charge is 0.379 e. The number of morpholine rings is 1. The first-order valence-corrected chi connectivity index (χ1v) is 11.2. The molecule has 0 saturated carbocycles. The molecule has 0 aliphatic carbocycles. The molecule has 0 unspecified atom stereocenters. The van der Waals surface area contributed by atoms with Crippen molar-refractivity contribution in [1.29, 1.82) is 0 Å². The second-order valence-corrected chi connectivity index (χ2v) is 9.23. The van der Waals surface area contributed by atoms with Gasteiger partial charge in [0.1, 0.15) is 4.32 Å². The molecule has 28 heavy (non-hydrogen) atoms. The Morgan fingerprint density at radius 2 is 2.04 bits per heavy atom. The summed E-state index contributed by atoms with van der Waals surface area (Å²) >= 11 is 6.91. The summed E-state index contributed by atoms with van der Waals surface area (Å²) in [5.41, 5.74) is 3.76. The molecule has 7 heteroatoms. The third kappa shape index (κ3) is 4.43. The molecule has 5 nitrogen and oxygen atoms in total. The number of aryl methyl sites for hydroxylation is 1. The molecule has 150 valence electrons. The van der Waals surface area contributed by atoms with Crippen LogP contribution in [0.1, 0.15) is 24.0 Å². The van der Waals surface area contributed by atoms with Crippen molar-refractivity contribution in [2.75, 3.05) is 57.9 Å². The first-order valence-electron chi connectivity index (χ1n) is 10.0. The fourth-order valence-electron chi connectivity index (χ4n) is 4.02. The van der Waals surface area contributed by atoms with Gasteiger partial charge in [-0.1, -0.05) is 30.0 Å². The minimum Gasteiger partial charge on any atom is -0.379 e. The summed E-state index contributed by atoms with van der Waals surface area (Å²) in [6, 6.07) is 6.49. The number of benzene rings is 1. The van der Waals surface area contributed by atoms with E-state index in [1.165, 1.54) is 29.4 Å². The van der Waals surface area contributed by atoms with Gasteiger partial charge in [0.25, 0.3) is 5.91 Å². The van der Waals surface area contributed by atoms with E-state index in [0.29, 0.717) is 10.9 Å². The third-order valence-corrected chi connectivity index (χ3v) is 6.96. The summed E-state index contributed by atoms with van der Waals surface area (Å²) in [7, 11) is 2.14. The van der Waals surface area contributed by atoms with Gasteiger partial charge in [-0.25, -0.2) is 0 Å². The summed E-state index contributed by atoms with van der Waals surface area (Å²) in [6.07, 6.45) is 5.21. The van der Waals surface area contributed by atoms with Crippen LogP contribution in [0.5, 0.6) is 0 Å². The van der Waals surface area contributed by atoms with Crippen LogP contribution in [-0.2, 0) is 16.0 Å². The SMILES string of the molecule is CN1CCCc2cc(C=C3SC(=S)N(CCCN4CCOCC4)C3=O)ccc21. The quantitative estimate of drug-likeness (QED) is 0.542. The highest BCUT2D eigenvalue weighted by Crippen LogP contribution is 2.34. The Hall–Kier alpha value is -1.41. The second-order valence-electron chi connectivity index (χ2n) is 7.55. The molecule has 0 aromatic heterocycles. The molecule has 1 amide bonds. The average Bonchev–Trinajstić information content (AvgIpc) is 2.96. The molecule has 0 N–H and O–H groups in total. The molecule has 4 rings (SSSR count). The summed E-state index contributed by atoms with van der Waals surface area (Å²) < 4.78 is 6.06. The standard InChI is InChI=1S/C21H27N3O2S2/c1-22-7-2-4-17-14-16(5-6-18(17)22)15-19-20(25)24(21(27)28-19)9-3-8-23-10-12-26-13-11-23/h5-6,14-15H,2-4,7-13H2,1H3. The molecule has 3 aliphatic rings. The van der Waals surface area contributed by atoms with Gasteiger partial charge in [0.15, 0.2) is 0 Å². The predicted octanol–water partition coefficient (Wildman–Crippen LogP) is 2.99. The monoisotopic (exact) mass is 417 g/mol. The number of thioether (sulfide) groups is 1. The lowest BCUT2D eigenvalue weighted by Crippen LogP contribution is -2.38. The van der Waals surface area contributed by atoms with Crippen LogP contribution in [0.15, 0.2) is 23.1 Å². The Bertz CT molecular complexity index is 790. The van der Waals surface area contributed by atoms with Gasteiger partial charge in [0, 0.05) is 45.5 Å². The first-order chi connectivity index (χ1) is 13.6. The zero-order valence-corrected chi connectivity index (χ0v) is 18.0. The Kier molecular flexibility index (Phi) is 6.35. The van der Waals surface area contributed by atoms with E-state index < -0.39 is 0 Å². The topological polar surface area (TPSA) is 36.0 Å². The maximum absolute atomic E-state index is 12.9. The van der Waals surface area contributed by atoms with Crippen molar-refractivity contribution in [3.63, 3.8) is 0 Å². The van der Waals surface area contributed by atoms with E-state index in [-0.39, 0.29) is 5.91 Å². The van der Waals surface area contributed by atoms with Gasteiger partial charge >= 0.3 is 0 Å². The number of nitrogens with zero attached hydrogens (tertiary/aromatic N) is 3. The molecule has 0 spiro atoms. The van der Waals surface area contributed by atoms with Crippen LogP contribution in [-0.4, -0.2) is 73.0 Å². The zero-order chi connectivity index (χ0) is 19.5. The lowest BCUT2D eigenvalue weighted by atomic mass is 9.99. The summed E-state index contributed by atoms with van der Waals surface area (Å²) in [5, 5.41) is 0. The van der Waals surface area contributed by atoms with E-state index in [9.17, 15) is 4.79 Å². The Morgan fingerprint density at radius 3 is 2.86 bits per heavy atom. The van der Waals surface area contributed by atoms with E-state index in [1.807, 2.05) is 6.08 Å². The number of thiocarbonyl (C=S) groups is 1. The zero-order valence-electron chi connectivity index (χ0n) is 16.4. The van der Waals surface area contributed by atoms with Crippen molar-refractivity contribution in [2.45, 2.75) is 19.3 Å². The normalized spacial score (nSPS) is 22.2. The number of ether oxygens (including phenoxy) is 1. The fraction of sp³-hybridized carbons (Fsp3) is 0.524. The lowest BCUT2D eigenvalue weighted by molar-refractivity contribution is -0.122. The third-order valence-electron chi connectivity index (χ3n) is 5.59. The number of anilines is 1. The Morgan fingerprint density at radius 1 is 1.21 bits per heavy atom. The van der Waals surface area contributed by atoms with E-state index in [0.717, 1.165) is 62.7 Å². The van der Waals surface area contributed by atoms with Crippen molar-refractivity contribution < 1.29 is 9.53 Å². The highest BCUT2D eigenvalue weighted by Gasteiger charge is 2.31. The number of amides is 1. The number of carbonyl (C=O) groups excluding carboxylic acids is 1. The van der Waals surface area contributed by atoms with Crippen molar-refractivity contribution in [2.24, 2.45) is 0 Å². The van der Waals surface area contributed by atoms with Crippen molar-refractivity contribution in [3.05, 3.63) is 34.2 Å². The van der Waals surface area contributed by atoms with Crippen molar-refractivity contribution in [3.8, 4) is 0 Å². The number of rotatable bonds is 5. The van der Waals surface area contributed by atoms with Gasteiger partial charge < -0.3 is 9.64 Å². The van der Waals surface area contributed by atoms with E-state index in [4.69, 9.17) is 17.0 Å². The van der Waals surface area contributed by atoms with Crippen LogP contribution >= 0.6 is 24.0 Å². The fourth-order valence-corrected chi connectivity index (χ4v) is 5.32. The molecule has 3 heterocycles. The molecule has 3 aliphatic heterocycles. The highest BCUT2D eigenvalue weighted by molar-refractivity contribution is 8.26. The smallest absolute Gasteiger partial charge is 0.266 e. The average molecular weight is 418 g/mol. The van der Waals surface area contributed by atoms with Crippen molar-refractivity contribution >= 4 is 46.0 Å². The van der Waals surface area contributed by atoms with Gasteiger partial charge in [-0.15, -0.1) is 0 Å². The molecule has 0 atom stereocenters. The van der Waals surface area contributed by atoms with E-state index in [2.05, 4.69) is 35.0 Å². The maximum atomic E-state index is 12.9. The summed E-state index contributed by atoms with van der Waals surface area (Å²) in [4.78, 5) is 20.0. The minimum absolute atomic E-state index is 0.0480. The molecule has 1 aromatic rings. The molecule has 0 radical (unpaired) electrons. The lowest BCUT2D eigenvalue weighted by Gasteiger charge is -2.27. The molecule has 2 fully saturated rings. The van der Waals surface area contributed by atoms with Gasteiger partial charge in [-0.2, -0.15) is 0 Å². The second kappa shape index (κ2) is 8.95. The van der Waals surface area contributed by atoms with Gasteiger partial charge in [-0.05, 0) is 48.6 Å². The van der Waals surface area contributed by atoms with Crippen LogP contribution in [0.2, 0.25) is 0 Å². The Labute approximate surface area is 176 Å². The summed E-state index contributed by atoms with van der Waals surface area (Å²) in [5.74, 6) is 0.0480. The summed E-state index contributed by atoms with van der Waals surface area (Å²) in [6.45, 7) is 6.35.